The fourth-order valence-electron chi connectivity index (χ4n) is 3.17. The van der Waals surface area contributed by atoms with E-state index in [0.717, 1.165) is 31.7 Å². The first-order valence-corrected chi connectivity index (χ1v) is 8.91. The number of nitrogens with zero attached hydrogens (tertiary/aromatic N) is 2. The van der Waals surface area contributed by atoms with E-state index in [-0.39, 0.29) is 29.3 Å². The van der Waals surface area contributed by atoms with Crippen molar-refractivity contribution in [3.63, 3.8) is 0 Å². The zero-order valence-electron chi connectivity index (χ0n) is 15.1. The van der Waals surface area contributed by atoms with Crippen LogP contribution in [0, 0.1) is 5.82 Å². The summed E-state index contributed by atoms with van der Waals surface area (Å²) in [7, 11) is 1.74. The van der Waals surface area contributed by atoms with Crippen molar-refractivity contribution in [3.8, 4) is 0 Å². The minimum atomic E-state index is -0.771. The van der Waals surface area contributed by atoms with Gasteiger partial charge in [0.25, 0.3) is 5.91 Å². The van der Waals surface area contributed by atoms with E-state index < -0.39 is 11.7 Å². The van der Waals surface area contributed by atoms with E-state index in [1.165, 1.54) is 0 Å². The fraction of sp³-hybridized carbons (Fsp3) is 0.389. The van der Waals surface area contributed by atoms with Gasteiger partial charge in [0.2, 0.25) is 0 Å². The number of nitrogens with two attached hydrogens (primary N) is 2. The lowest BCUT2D eigenvalue weighted by Crippen LogP contribution is -2.43. The number of rotatable bonds is 6. The average Bonchev–Trinajstić information content (AvgIpc) is 2.66. The highest BCUT2D eigenvalue weighted by atomic mass is 19.1. The van der Waals surface area contributed by atoms with Gasteiger partial charge in [-0.1, -0.05) is 12.8 Å². The molecule has 3 rings (SSSR count). The molecular formula is C18H24FN7O. The van der Waals surface area contributed by atoms with Gasteiger partial charge in [-0.25, -0.2) is 14.4 Å². The van der Waals surface area contributed by atoms with Crippen LogP contribution in [0.5, 0.6) is 0 Å². The lowest BCUT2D eigenvalue weighted by Gasteiger charge is -2.30. The Labute approximate surface area is 156 Å². The van der Waals surface area contributed by atoms with Crippen LogP contribution in [-0.4, -0.2) is 35.0 Å². The second kappa shape index (κ2) is 8.17. The van der Waals surface area contributed by atoms with Crippen LogP contribution in [0.25, 0.3) is 0 Å². The van der Waals surface area contributed by atoms with Gasteiger partial charge in [-0.3, -0.25) is 4.79 Å². The molecule has 1 saturated carbocycles. The molecule has 1 amide bonds. The molecule has 1 aliphatic carbocycles. The van der Waals surface area contributed by atoms with Crippen molar-refractivity contribution in [1.29, 1.82) is 0 Å². The first-order valence-electron chi connectivity index (χ1n) is 8.91. The monoisotopic (exact) mass is 373 g/mol. The molecule has 0 bridgehead atoms. The molecule has 0 radical (unpaired) electrons. The third-order valence-corrected chi connectivity index (χ3v) is 4.66. The number of carbonyl (C=O) groups excluding carboxylic acids is 1. The second-order valence-electron chi connectivity index (χ2n) is 6.58. The number of carbonyl (C=O) groups is 1. The van der Waals surface area contributed by atoms with Crippen LogP contribution in [-0.2, 0) is 0 Å². The number of hydrogen-bond donors (Lipinski definition) is 5. The number of primary amides is 1. The van der Waals surface area contributed by atoms with Gasteiger partial charge in [0.15, 0.2) is 11.6 Å². The number of amides is 1. The third-order valence-electron chi connectivity index (χ3n) is 4.66. The zero-order chi connectivity index (χ0) is 19.4. The molecule has 9 heteroatoms. The molecule has 27 heavy (non-hydrogen) atoms. The summed E-state index contributed by atoms with van der Waals surface area (Å²) in [6.07, 6.45) is 5.42. The Morgan fingerprint density at radius 2 is 2.04 bits per heavy atom. The van der Waals surface area contributed by atoms with E-state index in [9.17, 15) is 9.18 Å². The molecule has 8 nitrogen and oxygen atoms in total. The predicted molar refractivity (Wildman–Crippen MR) is 104 cm³/mol. The van der Waals surface area contributed by atoms with E-state index in [1.807, 2.05) is 0 Å². The normalized spacial score (nSPS) is 19.4. The minimum absolute atomic E-state index is 0.0335. The van der Waals surface area contributed by atoms with Crippen LogP contribution in [0.15, 0.2) is 24.4 Å². The summed E-state index contributed by atoms with van der Waals surface area (Å²) < 4.78 is 14.5. The smallest absolute Gasteiger partial charge is 0.252 e. The van der Waals surface area contributed by atoms with Gasteiger partial charge < -0.3 is 27.4 Å². The molecule has 2 atom stereocenters. The number of halogens is 1. The maximum absolute atomic E-state index is 14.5. The van der Waals surface area contributed by atoms with Crippen molar-refractivity contribution in [3.05, 3.63) is 35.8 Å². The summed E-state index contributed by atoms with van der Waals surface area (Å²) in [6.45, 7) is 0. The first-order chi connectivity index (χ1) is 13.0. The van der Waals surface area contributed by atoms with E-state index >= 15 is 0 Å². The lowest BCUT2D eigenvalue weighted by molar-refractivity contribution is 0.100. The summed E-state index contributed by atoms with van der Waals surface area (Å²) in [5.74, 6) is -0.559. The van der Waals surface area contributed by atoms with Crippen LogP contribution >= 0.6 is 0 Å². The quantitative estimate of drug-likeness (QED) is 0.524. The first kappa shape index (κ1) is 18.8. The topological polar surface area (TPSA) is 131 Å². The molecule has 2 aromatic heterocycles. The van der Waals surface area contributed by atoms with Crippen LogP contribution in [0.1, 0.15) is 36.0 Å². The molecule has 0 aromatic carbocycles. The van der Waals surface area contributed by atoms with E-state index in [2.05, 4.69) is 25.9 Å². The standard InChI is InChI=1S/C18H24FN7O/c1-22-15-8-10(6-7-23-15)24-17-11(16(21)27)9-12(19)18(26-17)25-14-5-3-2-4-13(14)20/h6-9,13-14H,2-5,20H2,1H3,(H2,21,27)(H3,22,23,24,25,26). The predicted octanol–water partition coefficient (Wildman–Crippen LogP) is 2.18. The van der Waals surface area contributed by atoms with Gasteiger partial charge in [-0.05, 0) is 25.0 Å². The summed E-state index contributed by atoms with van der Waals surface area (Å²) in [6, 6.07) is 4.41. The highest BCUT2D eigenvalue weighted by Crippen LogP contribution is 2.27. The van der Waals surface area contributed by atoms with Crippen LogP contribution in [0.4, 0.5) is 27.5 Å². The molecule has 1 fully saturated rings. The fourth-order valence-corrected chi connectivity index (χ4v) is 3.17. The molecule has 2 heterocycles. The third kappa shape index (κ3) is 4.43. The molecule has 2 unspecified atom stereocenters. The highest BCUT2D eigenvalue weighted by molar-refractivity contribution is 5.98. The largest absolute Gasteiger partial charge is 0.373 e. The highest BCUT2D eigenvalue weighted by Gasteiger charge is 2.24. The van der Waals surface area contributed by atoms with Gasteiger partial charge in [0.1, 0.15) is 11.6 Å². The molecule has 7 N–H and O–H groups in total. The second-order valence-corrected chi connectivity index (χ2v) is 6.58. The van der Waals surface area contributed by atoms with Crippen molar-refractivity contribution >= 4 is 29.0 Å². The Balaban J connectivity index is 1.91. The Bertz CT molecular complexity index is 829. The van der Waals surface area contributed by atoms with Crippen molar-refractivity contribution in [2.45, 2.75) is 37.8 Å². The molecule has 2 aromatic rings. The minimum Gasteiger partial charge on any atom is -0.373 e. The molecular weight excluding hydrogens is 349 g/mol. The van der Waals surface area contributed by atoms with Crippen molar-refractivity contribution in [1.82, 2.24) is 9.97 Å². The van der Waals surface area contributed by atoms with Gasteiger partial charge in [-0.15, -0.1) is 0 Å². The van der Waals surface area contributed by atoms with Crippen LogP contribution in [0.3, 0.4) is 0 Å². The SMILES string of the molecule is CNc1cc(Nc2nc(NC3CCCCC3N)c(F)cc2C(N)=O)ccn1. The Hall–Kier alpha value is -2.94. The van der Waals surface area contributed by atoms with Crippen LogP contribution < -0.4 is 27.4 Å². The van der Waals surface area contributed by atoms with E-state index in [4.69, 9.17) is 11.5 Å². The van der Waals surface area contributed by atoms with Gasteiger partial charge >= 0.3 is 0 Å². The maximum Gasteiger partial charge on any atom is 0.252 e. The van der Waals surface area contributed by atoms with Gasteiger partial charge in [0, 0.05) is 37.1 Å². The summed E-state index contributed by atoms with van der Waals surface area (Å²) in [5, 5.41) is 9.02. The number of anilines is 4. The van der Waals surface area contributed by atoms with Gasteiger partial charge in [-0.2, -0.15) is 0 Å². The summed E-state index contributed by atoms with van der Waals surface area (Å²) in [5.41, 5.74) is 12.1. The van der Waals surface area contributed by atoms with Crippen molar-refractivity contribution < 1.29 is 9.18 Å². The van der Waals surface area contributed by atoms with E-state index in [0.29, 0.717) is 11.5 Å². The van der Waals surface area contributed by atoms with Gasteiger partial charge in [0.05, 0.1) is 5.56 Å². The molecule has 1 aliphatic rings. The maximum atomic E-state index is 14.5. The van der Waals surface area contributed by atoms with Crippen molar-refractivity contribution in [2.24, 2.45) is 11.5 Å². The zero-order valence-corrected chi connectivity index (χ0v) is 15.1. The van der Waals surface area contributed by atoms with Crippen molar-refractivity contribution in [2.75, 3.05) is 23.0 Å². The Morgan fingerprint density at radius 1 is 1.26 bits per heavy atom. The molecule has 0 spiro atoms. The molecule has 0 aliphatic heterocycles. The number of nitrogens with one attached hydrogen (secondary N) is 3. The van der Waals surface area contributed by atoms with E-state index in [1.54, 1.807) is 25.4 Å². The summed E-state index contributed by atoms with van der Waals surface area (Å²) in [4.78, 5) is 20.2. The Kier molecular flexibility index (Phi) is 5.70. The Morgan fingerprint density at radius 3 is 2.74 bits per heavy atom. The molecule has 144 valence electrons. The van der Waals surface area contributed by atoms with Crippen LogP contribution in [0.2, 0.25) is 0 Å². The average molecular weight is 373 g/mol. The number of pyridine rings is 2. The summed E-state index contributed by atoms with van der Waals surface area (Å²) >= 11 is 0. The number of aromatic nitrogens is 2. The number of hydrogen-bond acceptors (Lipinski definition) is 7. The lowest BCUT2D eigenvalue weighted by atomic mass is 9.91. The molecule has 0 saturated heterocycles.